The molecule has 4 heterocycles. The normalized spacial score (nSPS) is 13.7. The van der Waals surface area contributed by atoms with Crippen molar-refractivity contribution in [2.45, 2.75) is 19.9 Å². The van der Waals surface area contributed by atoms with E-state index in [-0.39, 0.29) is 11.7 Å². The van der Waals surface area contributed by atoms with Crippen LogP contribution in [-0.2, 0) is 13.0 Å². The number of H-pyrrole nitrogens is 1. The van der Waals surface area contributed by atoms with Gasteiger partial charge >= 0.3 is 0 Å². The van der Waals surface area contributed by atoms with Crippen LogP contribution < -0.4 is 0 Å². The molecule has 1 amide bonds. The summed E-state index contributed by atoms with van der Waals surface area (Å²) < 4.78 is 15.0. The fraction of sp³-hybridized carbons (Fsp3) is 0.200. The summed E-state index contributed by atoms with van der Waals surface area (Å²) >= 11 is 0. The van der Waals surface area contributed by atoms with E-state index in [0.717, 1.165) is 28.2 Å². The molecule has 28 heavy (non-hydrogen) atoms. The fourth-order valence-electron chi connectivity index (χ4n) is 3.60. The zero-order chi connectivity index (χ0) is 19.3. The predicted molar refractivity (Wildman–Crippen MR) is 100 cm³/mol. The molecule has 0 bridgehead atoms. The Bertz CT molecular complexity index is 1190. The van der Waals surface area contributed by atoms with E-state index in [0.29, 0.717) is 30.9 Å². The molecule has 0 unspecified atom stereocenters. The number of aromatic amines is 1. The lowest BCUT2D eigenvalue weighted by molar-refractivity contribution is 0.0726. The minimum absolute atomic E-state index is 0.122. The number of carbonyl (C=O) groups excluding carboxylic acids is 1. The van der Waals surface area contributed by atoms with Gasteiger partial charge in [-0.15, -0.1) is 0 Å². The minimum Gasteiger partial charge on any atom is -0.332 e. The molecule has 1 aliphatic heterocycles. The number of halogens is 1. The van der Waals surface area contributed by atoms with Gasteiger partial charge in [0.25, 0.3) is 5.91 Å². The Hall–Kier alpha value is -3.55. The maximum Gasteiger partial charge on any atom is 0.272 e. The summed E-state index contributed by atoms with van der Waals surface area (Å²) in [5, 5.41) is 11.5. The van der Waals surface area contributed by atoms with E-state index in [1.54, 1.807) is 23.1 Å². The zero-order valence-electron chi connectivity index (χ0n) is 15.2. The van der Waals surface area contributed by atoms with Crippen molar-refractivity contribution in [3.8, 4) is 11.3 Å². The summed E-state index contributed by atoms with van der Waals surface area (Å²) in [6, 6.07) is 9.66. The van der Waals surface area contributed by atoms with Crippen molar-refractivity contribution in [1.29, 1.82) is 0 Å². The number of nitrogens with one attached hydrogen (secondary N) is 1. The Morgan fingerprint density at radius 1 is 1.21 bits per heavy atom. The molecule has 5 rings (SSSR count). The van der Waals surface area contributed by atoms with E-state index >= 15 is 0 Å². The first-order chi connectivity index (χ1) is 13.6. The highest BCUT2D eigenvalue weighted by molar-refractivity contribution is 5.93. The number of amides is 1. The average molecular weight is 376 g/mol. The molecule has 1 aromatic carbocycles. The van der Waals surface area contributed by atoms with Gasteiger partial charge in [-0.25, -0.2) is 13.9 Å². The third kappa shape index (κ3) is 2.74. The number of hydrogen-bond acceptors (Lipinski definition) is 4. The summed E-state index contributed by atoms with van der Waals surface area (Å²) in [6.45, 7) is 3.01. The molecule has 4 aromatic rings. The second-order valence-corrected chi connectivity index (χ2v) is 6.94. The molecule has 0 fully saturated rings. The predicted octanol–water partition coefficient (Wildman–Crippen LogP) is 2.77. The molecule has 3 aromatic heterocycles. The van der Waals surface area contributed by atoms with Crippen LogP contribution >= 0.6 is 0 Å². The summed E-state index contributed by atoms with van der Waals surface area (Å²) in [7, 11) is 0. The van der Waals surface area contributed by atoms with Gasteiger partial charge in [0.2, 0.25) is 0 Å². The van der Waals surface area contributed by atoms with Gasteiger partial charge in [0.05, 0.1) is 17.1 Å². The Kier molecular flexibility index (Phi) is 3.71. The lowest BCUT2D eigenvalue weighted by atomic mass is 10.1. The lowest BCUT2D eigenvalue weighted by Gasteiger charge is -2.28. The van der Waals surface area contributed by atoms with Crippen LogP contribution in [0.25, 0.3) is 16.9 Å². The standard InChI is InChI=1S/C20H17FN6O/c1-12-8-19-22-10-14-11-26(7-6-18(14)27(19)25-12)20(28)17-9-16(23-24-17)13-2-4-15(21)5-3-13/h2-5,8-10H,6-7,11H2,1H3,(H,23,24). The fourth-order valence-corrected chi connectivity index (χ4v) is 3.60. The number of hydrogen-bond donors (Lipinski definition) is 1. The Labute approximate surface area is 159 Å². The van der Waals surface area contributed by atoms with Gasteiger partial charge in [0.15, 0.2) is 5.65 Å². The van der Waals surface area contributed by atoms with Crippen LogP contribution in [0.3, 0.4) is 0 Å². The molecular formula is C20H17FN6O. The van der Waals surface area contributed by atoms with Crippen molar-refractivity contribution >= 4 is 11.6 Å². The molecule has 1 N–H and O–H groups in total. The van der Waals surface area contributed by atoms with E-state index in [9.17, 15) is 9.18 Å². The molecule has 0 saturated heterocycles. The van der Waals surface area contributed by atoms with Crippen LogP contribution in [0.1, 0.15) is 27.4 Å². The Morgan fingerprint density at radius 3 is 2.86 bits per heavy atom. The third-order valence-corrected chi connectivity index (χ3v) is 5.01. The zero-order valence-corrected chi connectivity index (χ0v) is 15.2. The van der Waals surface area contributed by atoms with E-state index in [1.165, 1.54) is 12.1 Å². The molecule has 0 saturated carbocycles. The highest BCUT2D eigenvalue weighted by atomic mass is 19.1. The molecule has 7 nitrogen and oxygen atoms in total. The maximum atomic E-state index is 13.1. The third-order valence-electron chi connectivity index (χ3n) is 5.01. The van der Waals surface area contributed by atoms with E-state index in [1.807, 2.05) is 23.7 Å². The first-order valence-corrected chi connectivity index (χ1v) is 9.02. The number of rotatable bonds is 2. The van der Waals surface area contributed by atoms with Crippen LogP contribution in [0, 0.1) is 12.7 Å². The topological polar surface area (TPSA) is 79.2 Å². The number of carbonyl (C=O) groups is 1. The molecule has 0 radical (unpaired) electrons. The minimum atomic E-state index is -0.308. The Morgan fingerprint density at radius 2 is 2.04 bits per heavy atom. The van der Waals surface area contributed by atoms with Crippen molar-refractivity contribution in [3.05, 3.63) is 71.1 Å². The molecule has 0 spiro atoms. The molecule has 0 atom stereocenters. The first-order valence-electron chi connectivity index (χ1n) is 9.02. The van der Waals surface area contributed by atoms with Gasteiger partial charge in [-0.2, -0.15) is 10.2 Å². The Balaban J connectivity index is 1.39. The summed E-state index contributed by atoms with van der Waals surface area (Å²) in [5.41, 5.74) is 5.61. The number of aryl methyl sites for hydroxylation is 1. The van der Waals surface area contributed by atoms with Crippen LogP contribution in [0.2, 0.25) is 0 Å². The first kappa shape index (κ1) is 16.6. The van der Waals surface area contributed by atoms with Gasteiger partial charge in [0, 0.05) is 42.9 Å². The van der Waals surface area contributed by atoms with Gasteiger partial charge in [0.1, 0.15) is 11.5 Å². The second kappa shape index (κ2) is 6.26. The monoisotopic (exact) mass is 376 g/mol. The number of aromatic nitrogens is 5. The van der Waals surface area contributed by atoms with Gasteiger partial charge < -0.3 is 4.90 Å². The second-order valence-electron chi connectivity index (χ2n) is 6.94. The summed E-state index contributed by atoms with van der Waals surface area (Å²) in [5.74, 6) is -0.430. The number of nitrogens with zero attached hydrogens (tertiary/aromatic N) is 5. The van der Waals surface area contributed by atoms with E-state index in [2.05, 4.69) is 20.3 Å². The summed E-state index contributed by atoms with van der Waals surface area (Å²) in [4.78, 5) is 19.1. The highest BCUT2D eigenvalue weighted by Gasteiger charge is 2.25. The van der Waals surface area contributed by atoms with Crippen LogP contribution in [-0.4, -0.2) is 42.1 Å². The smallest absolute Gasteiger partial charge is 0.272 e. The van der Waals surface area contributed by atoms with E-state index < -0.39 is 0 Å². The molecule has 1 aliphatic rings. The van der Waals surface area contributed by atoms with Crippen molar-refractivity contribution < 1.29 is 9.18 Å². The maximum absolute atomic E-state index is 13.1. The van der Waals surface area contributed by atoms with Crippen LogP contribution in [0.4, 0.5) is 4.39 Å². The van der Waals surface area contributed by atoms with Gasteiger partial charge in [-0.3, -0.25) is 9.89 Å². The van der Waals surface area contributed by atoms with E-state index in [4.69, 9.17) is 0 Å². The summed E-state index contributed by atoms with van der Waals surface area (Å²) in [6.07, 6.45) is 2.53. The van der Waals surface area contributed by atoms with Crippen LogP contribution in [0.5, 0.6) is 0 Å². The average Bonchev–Trinajstić information content (AvgIpc) is 3.34. The van der Waals surface area contributed by atoms with Gasteiger partial charge in [-0.1, -0.05) is 0 Å². The van der Waals surface area contributed by atoms with Crippen molar-refractivity contribution in [1.82, 2.24) is 29.7 Å². The SMILES string of the molecule is Cc1cc2ncc3c(n2n1)CCN(C(=O)c1cc(-c2ccc(F)cc2)n[nH]1)C3. The molecule has 0 aliphatic carbocycles. The molecule has 140 valence electrons. The highest BCUT2D eigenvalue weighted by Crippen LogP contribution is 2.23. The molecule has 8 heteroatoms. The lowest BCUT2D eigenvalue weighted by Crippen LogP contribution is -2.37. The van der Waals surface area contributed by atoms with Crippen LogP contribution in [0.15, 0.2) is 42.6 Å². The number of fused-ring (bicyclic) bond motifs is 3. The van der Waals surface area contributed by atoms with Crippen molar-refractivity contribution in [2.75, 3.05) is 6.54 Å². The quantitative estimate of drug-likeness (QED) is 0.583. The van der Waals surface area contributed by atoms with Gasteiger partial charge in [-0.05, 0) is 37.3 Å². The molecular weight excluding hydrogens is 359 g/mol. The number of benzene rings is 1. The largest absolute Gasteiger partial charge is 0.332 e. The van der Waals surface area contributed by atoms with Crippen molar-refractivity contribution in [3.63, 3.8) is 0 Å². The van der Waals surface area contributed by atoms with Crippen molar-refractivity contribution in [2.24, 2.45) is 0 Å².